The lowest BCUT2D eigenvalue weighted by molar-refractivity contribution is 0.274. The Morgan fingerprint density at radius 2 is 1.58 bits per heavy atom. The number of benzene rings is 2. The number of aliphatic hydroxyl groups is 1. The van der Waals surface area contributed by atoms with E-state index >= 15 is 0 Å². The SMILES string of the molecule is COc1ccc(NCc2ccc(CO)n2-c2ccc(C)cc2)cc1. The van der Waals surface area contributed by atoms with E-state index in [4.69, 9.17) is 4.74 Å². The number of hydrogen-bond donors (Lipinski definition) is 2. The van der Waals surface area contributed by atoms with Gasteiger partial charge in [-0.15, -0.1) is 0 Å². The van der Waals surface area contributed by atoms with Gasteiger partial charge in [0, 0.05) is 22.8 Å². The van der Waals surface area contributed by atoms with E-state index in [1.807, 2.05) is 36.4 Å². The molecule has 1 aromatic heterocycles. The van der Waals surface area contributed by atoms with Crippen molar-refractivity contribution in [1.29, 1.82) is 0 Å². The summed E-state index contributed by atoms with van der Waals surface area (Å²) >= 11 is 0. The van der Waals surface area contributed by atoms with Crippen LogP contribution in [0, 0.1) is 6.92 Å². The van der Waals surface area contributed by atoms with Crippen LogP contribution in [-0.4, -0.2) is 16.8 Å². The molecule has 0 bridgehead atoms. The van der Waals surface area contributed by atoms with Crippen molar-refractivity contribution in [2.45, 2.75) is 20.1 Å². The summed E-state index contributed by atoms with van der Waals surface area (Å²) in [5, 5.41) is 13.0. The first kappa shape index (κ1) is 16.1. The number of aryl methyl sites for hydroxylation is 1. The minimum absolute atomic E-state index is 0.0103. The number of aliphatic hydroxyl groups excluding tert-OH is 1. The molecule has 1 heterocycles. The molecule has 0 amide bonds. The highest BCUT2D eigenvalue weighted by Gasteiger charge is 2.09. The third-order valence-corrected chi connectivity index (χ3v) is 4.06. The van der Waals surface area contributed by atoms with E-state index in [1.165, 1.54) is 5.56 Å². The van der Waals surface area contributed by atoms with Crippen LogP contribution in [0.5, 0.6) is 5.75 Å². The van der Waals surface area contributed by atoms with E-state index in [2.05, 4.69) is 41.1 Å². The Hall–Kier alpha value is -2.72. The van der Waals surface area contributed by atoms with Crippen LogP contribution in [0.3, 0.4) is 0 Å². The fourth-order valence-electron chi connectivity index (χ4n) is 2.71. The van der Waals surface area contributed by atoms with Crippen LogP contribution in [0.25, 0.3) is 5.69 Å². The Labute approximate surface area is 142 Å². The summed E-state index contributed by atoms with van der Waals surface area (Å²) in [7, 11) is 1.66. The monoisotopic (exact) mass is 322 g/mol. The van der Waals surface area contributed by atoms with Crippen molar-refractivity contribution in [1.82, 2.24) is 4.57 Å². The number of rotatable bonds is 6. The zero-order chi connectivity index (χ0) is 16.9. The summed E-state index contributed by atoms with van der Waals surface area (Å²) in [6.07, 6.45) is 0. The Balaban J connectivity index is 1.82. The second-order valence-electron chi connectivity index (χ2n) is 5.73. The van der Waals surface area contributed by atoms with Gasteiger partial charge in [-0.2, -0.15) is 0 Å². The first-order valence-electron chi connectivity index (χ1n) is 7.96. The molecule has 3 aromatic rings. The number of ether oxygens (including phenoxy) is 1. The Bertz CT molecular complexity index is 790. The Morgan fingerprint density at radius 3 is 2.21 bits per heavy atom. The lowest BCUT2D eigenvalue weighted by atomic mass is 10.2. The topological polar surface area (TPSA) is 46.4 Å². The second kappa shape index (κ2) is 7.23. The number of anilines is 1. The average Bonchev–Trinajstić information content (AvgIpc) is 3.04. The van der Waals surface area contributed by atoms with Crippen molar-refractivity contribution in [3.05, 3.63) is 77.6 Å². The quantitative estimate of drug-likeness (QED) is 0.723. The molecular formula is C20H22N2O2. The van der Waals surface area contributed by atoms with Gasteiger partial charge in [0.25, 0.3) is 0 Å². The van der Waals surface area contributed by atoms with Gasteiger partial charge in [-0.3, -0.25) is 0 Å². The van der Waals surface area contributed by atoms with Crippen LogP contribution >= 0.6 is 0 Å². The first-order valence-corrected chi connectivity index (χ1v) is 7.96. The maximum atomic E-state index is 9.64. The summed E-state index contributed by atoms with van der Waals surface area (Å²) < 4.78 is 7.27. The molecule has 0 fully saturated rings. The predicted molar refractivity (Wildman–Crippen MR) is 96.7 cm³/mol. The first-order chi connectivity index (χ1) is 11.7. The summed E-state index contributed by atoms with van der Waals surface area (Å²) in [6.45, 7) is 2.75. The minimum atomic E-state index is 0.0103. The summed E-state index contributed by atoms with van der Waals surface area (Å²) in [6, 6.07) is 20.2. The maximum absolute atomic E-state index is 9.64. The average molecular weight is 322 g/mol. The van der Waals surface area contributed by atoms with Crippen LogP contribution < -0.4 is 10.1 Å². The van der Waals surface area contributed by atoms with E-state index in [-0.39, 0.29) is 6.61 Å². The maximum Gasteiger partial charge on any atom is 0.119 e. The Morgan fingerprint density at radius 1 is 0.917 bits per heavy atom. The van der Waals surface area contributed by atoms with Crippen LogP contribution in [-0.2, 0) is 13.2 Å². The molecule has 0 aliphatic rings. The summed E-state index contributed by atoms with van der Waals surface area (Å²) in [5.74, 6) is 0.839. The zero-order valence-corrected chi connectivity index (χ0v) is 14.0. The molecule has 4 heteroatoms. The molecule has 124 valence electrons. The van der Waals surface area contributed by atoms with Gasteiger partial charge in [-0.05, 0) is 55.5 Å². The molecule has 0 saturated carbocycles. The van der Waals surface area contributed by atoms with E-state index in [9.17, 15) is 5.11 Å². The molecular weight excluding hydrogens is 300 g/mol. The highest BCUT2D eigenvalue weighted by molar-refractivity contribution is 5.47. The highest BCUT2D eigenvalue weighted by atomic mass is 16.5. The van der Waals surface area contributed by atoms with Gasteiger partial charge >= 0.3 is 0 Å². The van der Waals surface area contributed by atoms with Crippen molar-refractivity contribution in [2.75, 3.05) is 12.4 Å². The Kier molecular flexibility index (Phi) is 4.87. The molecule has 3 rings (SSSR count). The third-order valence-electron chi connectivity index (χ3n) is 4.06. The second-order valence-corrected chi connectivity index (χ2v) is 5.73. The van der Waals surface area contributed by atoms with Crippen molar-refractivity contribution >= 4 is 5.69 Å². The van der Waals surface area contributed by atoms with Crippen LogP contribution in [0.1, 0.15) is 17.0 Å². The molecule has 2 N–H and O–H groups in total. The van der Waals surface area contributed by atoms with Crippen LogP contribution in [0.4, 0.5) is 5.69 Å². The molecule has 0 saturated heterocycles. The highest BCUT2D eigenvalue weighted by Crippen LogP contribution is 2.20. The summed E-state index contributed by atoms with van der Waals surface area (Å²) in [4.78, 5) is 0. The lowest BCUT2D eigenvalue weighted by Crippen LogP contribution is -2.08. The molecule has 0 radical (unpaired) electrons. The predicted octanol–water partition coefficient (Wildman–Crippen LogP) is 3.90. The fraction of sp³-hybridized carbons (Fsp3) is 0.200. The lowest BCUT2D eigenvalue weighted by Gasteiger charge is -2.14. The number of aromatic nitrogens is 1. The summed E-state index contributed by atoms with van der Waals surface area (Å²) in [5.41, 5.74) is 5.28. The van der Waals surface area contributed by atoms with E-state index in [0.717, 1.165) is 28.5 Å². The molecule has 0 atom stereocenters. The van der Waals surface area contributed by atoms with Crippen molar-refractivity contribution in [3.8, 4) is 11.4 Å². The normalized spacial score (nSPS) is 10.6. The van der Waals surface area contributed by atoms with Crippen molar-refractivity contribution in [2.24, 2.45) is 0 Å². The van der Waals surface area contributed by atoms with Crippen LogP contribution in [0.15, 0.2) is 60.7 Å². The number of nitrogens with one attached hydrogen (secondary N) is 1. The van der Waals surface area contributed by atoms with Crippen LogP contribution in [0.2, 0.25) is 0 Å². The van der Waals surface area contributed by atoms with Gasteiger partial charge in [0.05, 0.1) is 20.3 Å². The van der Waals surface area contributed by atoms with Crippen molar-refractivity contribution < 1.29 is 9.84 Å². The largest absolute Gasteiger partial charge is 0.497 e. The molecule has 0 aliphatic heterocycles. The third kappa shape index (κ3) is 3.44. The fourth-order valence-corrected chi connectivity index (χ4v) is 2.71. The van der Waals surface area contributed by atoms with E-state index < -0.39 is 0 Å². The zero-order valence-electron chi connectivity index (χ0n) is 14.0. The van der Waals surface area contributed by atoms with Gasteiger partial charge < -0.3 is 19.7 Å². The minimum Gasteiger partial charge on any atom is -0.497 e. The molecule has 4 nitrogen and oxygen atoms in total. The smallest absolute Gasteiger partial charge is 0.119 e. The number of nitrogens with zero attached hydrogens (tertiary/aromatic N) is 1. The molecule has 2 aromatic carbocycles. The molecule has 0 spiro atoms. The van der Waals surface area contributed by atoms with Gasteiger partial charge in [0.2, 0.25) is 0 Å². The van der Waals surface area contributed by atoms with Gasteiger partial charge in [0.1, 0.15) is 5.75 Å². The van der Waals surface area contributed by atoms with Gasteiger partial charge in [-0.25, -0.2) is 0 Å². The van der Waals surface area contributed by atoms with Gasteiger partial charge in [0.15, 0.2) is 0 Å². The van der Waals surface area contributed by atoms with Crippen molar-refractivity contribution in [3.63, 3.8) is 0 Å². The van der Waals surface area contributed by atoms with E-state index in [1.54, 1.807) is 7.11 Å². The number of methoxy groups -OCH3 is 1. The molecule has 24 heavy (non-hydrogen) atoms. The standard InChI is InChI=1S/C20H22N2O2/c1-15-3-7-17(8-4-15)22-18(9-10-19(22)14-23)13-21-16-5-11-20(24-2)12-6-16/h3-12,21,23H,13-14H2,1-2H3. The molecule has 0 aliphatic carbocycles. The number of hydrogen-bond acceptors (Lipinski definition) is 3. The van der Waals surface area contributed by atoms with Gasteiger partial charge in [-0.1, -0.05) is 17.7 Å². The van der Waals surface area contributed by atoms with E-state index in [0.29, 0.717) is 6.54 Å². The molecule has 0 unspecified atom stereocenters.